The van der Waals surface area contributed by atoms with Gasteiger partial charge in [0.25, 0.3) is 0 Å². The third-order valence-electron chi connectivity index (χ3n) is 2.22. The van der Waals surface area contributed by atoms with Crippen molar-refractivity contribution in [2.45, 2.75) is 6.54 Å². The Bertz CT molecular complexity index is 638. The van der Waals surface area contributed by atoms with Gasteiger partial charge in [0.15, 0.2) is 5.15 Å². The van der Waals surface area contributed by atoms with E-state index in [1.807, 2.05) is 0 Å². The molecule has 2 rings (SSSR count). The van der Waals surface area contributed by atoms with Crippen LogP contribution in [0.1, 0.15) is 5.69 Å². The Morgan fingerprint density at radius 1 is 1.33 bits per heavy atom. The molecule has 0 atom stereocenters. The maximum absolute atomic E-state index is 11.7. The molecule has 8 heteroatoms. The fourth-order valence-corrected chi connectivity index (χ4v) is 1.49. The van der Waals surface area contributed by atoms with E-state index >= 15 is 0 Å². The van der Waals surface area contributed by atoms with Gasteiger partial charge >= 0.3 is 11.2 Å². The van der Waals surface area contributed by atoms with Gasteiger partial charge in [0.2, 0.25) is 0 Å². The molecule has 92 valence electrons. The molecule has 0 saturated carbocycles. The molecule has 0 saturated heterocycles. The highest BCUT2D eigenvalue weighted by Crippen LogP contribution is 2.05. The third kappa shape index (κ3) is 2.51. The first-order valence-electron chi connectivity index (χ1n) is 4.90. The summed E-state index contributed by atoms with van der Waals surface area (Å²) in [6.07, 6.45) is 1.45. The number of rotatable bonds is 3. The second kappa shape index (κ2) is 4.92. The van der Waals surface area contributed by atoms with Crippen molar-refractivity contribution in [1.82, 2.24) is 14.8 Å². The summed E-state index contributed by atoms with van der Waals surface area (Å²) in [6, 6.07) is 5.72. The normalized spacial score (nSPS) is 10.3. The number of nitro groups is 1. The van der Waals surface area contributed by atoms with Gasteiger partial charge in [-0.05, 0) is 18.2 Å². The maximum Gasteiger partial charge on any atom is 0.334 e. The lowest BCUT2D eigenvalue weighted by Gasteiger charge is -2.03. The van der Waals surface area contributed by atoms with Gasteiger partial charge < -0.3 is 4.57 Å². The lowest BCUT2D eigenvalue weighted by molar-refractivity contribution is -0.386. The zero-order valence-corrected chi connectivity index (χ0v) is 9.74. The predicted molar refractivity (Wildman–Crippen MR) is 63.5 cm³/mol. The first-order valence-corrected chi connectivity index (χ1v) is 5.27. The highest BCUT2D eigenvalue weighted by molar-refractivity contribution is 6.29. The Labute approximate surface area is 106 Å². The minimum atomic E-state index is -0.716. The second-order valence-corrected chi connectivity index (χ2v) is 3.82. The summed E-state index contributed by atoms with van der Waals surface area (Å²) in [5, 5.41) is 18.3. The van der Waals surface area contributed by atoms with Crippen molar-refractivity contribution in [3.8, 4) is 0 Å². The maximum atomic E-state index is 11.7. The lowest BCUT2D eigenvalue weighted by Crippen LogP contribution is -2.22. The predicted octanol–water partition coefficient (Wildman–Crippen LogP) is 1.25. The van der Waals surface area contributed by atoms with E-state index in [2.05, 4.69) is 10.2 Å². The van der Waals surface area contributed by atoms with Crippen molar-refractivity contribution in [2.24, 2.45) is 0 Å². The number of nitrogens with zero attached hydrogens (tertiary/aromatic N) is 4. The Balaban J connectivity index is 2.35. The summed E-state index contributed by atoms with van der Waals surface area (Å²) >= 11 is 5.58. The van der Waals surface area contributed by atoms with Crippen LogP contribution >= 0.6 is 11.6 Å². The summed E-state index contributed by atoms with van der Waals surface area (Å²) in [7, 11) is 0. The van der Waals surface area contributed by atoms with Crippen LogP contribution < -0.4 is 5.56 Å². The van der Waals surface area contributed by atoms with Gasteiger partial charge in [-0.25, -0.2) is 0 Å². The van der Waals surface area contributed by atoms with Crippen LogP contribution in [-0.4, -0.2) is 19.7 Å². The SMILES string of the molecule is O=c1c([N+](=O)[O-])cccn1Cc1ccc(Cl)nn1. The summed E-state index contributed by atoms with van der Waals surface area (Å²) < 4.78 is 1.19. The molecule has 0 aliphatic carbocycles. The molecule has 7 nitrogen and oxygen atoms in total. The topological polar surface area (TPSA) is 90.9 Å². The molecule has 2 aromatic heterocycles. The molecule has 0 N–H and O–H groups in total. The summed E-state index contributed by atoms with van der Waals surface area (Å²) in [4.78, 5) is 21.6. The van der Waals surface area contributed by atoms with Gasteiger partial charge in [-0.15, -0.1) is 5.10 Å². The van der Waals surface area contributed by atoms with Crippen molar-refractivity contribution >= 4 is 17.3 Å². The molecule has 0 aliphatic heterocycles. The molecule has 18 heavy (non-hydrogen) atoms. The monoisotopic (exact) mass is 266 g/mol. The van der Waals surface area contributed by atoms with Gasteiger partial charge in [0.05, 0.1) is 17.2 Å². The van der Waals surface area contributed by atoms with Crippen molar-refractivity contribution in [2.75, 3.05) is 0 Å². The van der Waals surface area contributed by atoms with Crippen LogP contribution in [-0.2, 0) is 6.54 Å². The first-order chi connectivity index (χ1) is 8.58. The average molecular weight is 267 g/mol. The van der Waals surface area contributed by atoms with Crippen LogP contribution in [0.4, 0.5) is 5.69 Å². The molecular weight excluding hydrogens is 260 g/mol. The van der Waals surface area contributed by atoms with Crippen LogP contribution in [0.5, 0.6) is 0 Å². The minimum absolute atomic E-state index is 0.102. The quantitative estimate of drug-likeness (QED) is 0.616. The van der Waals surface area contributed by atoms with E-state index in [4.69, 9.17) is 11.6 Å². The highest BCUT2D eigenvalue weighted by atomic mass is 35.5. The molecule has 0 spiro atoms. The molecule has 0 bridgehead atoms. The van der Waals surface area contributed by atoms with E-state index in [1.165, 1.54) is 22.9 Å². The minimum Gasteiger partial charge on any atom is -0.304 e. The zero-order valence-electron chi connectivity index (χ0n) is 8.99. The van der Waals surface area contributed by atoms with Gasteiger partial charge in [-0.2, -0.15) is 5.10 Å². The zero-order chi connectivity index (χ0) is 13.1. The van der Waals surface area contributed by atoms with Crippen molar-refractivity contribution < 1.29 is 4.92 Å². The Morgan fingerprint density at radius 2 is 2.11 bits per heavy atom. The van der Waals surface area contributed by atoms with Crippen LogP contribution in [0.3, 0.4) is 0 Å². The average Bonchev–Trinajstić information content (AvgIpc) is 2.34. The van der Waals surface area contributed by atoms with E-state index in [-0.39, 0.29) is 11.7 Å². The number of pyridine rings is 1. The standard InChI is InChI=1S/C10H7ClN4O3/c11-9-4-3-7(12-13-9)6-14-5-1-2-8(10(14)16)15(17)18/h1-5H,6H2. The second-order valence-electron chi connectivity index (χ2n) is 3.43. The number of aromatic nitrogens is 3. The van der Waals surface area contributed by atoms with Crippen molar-refractivity contribution in [3.63, 3.8) is 0 Å². The number of hydrogen-bond donors (Lipinski definition) is 0. The third-order valence-corrected chi connectivity index (χ3v) is 2.42. The largest absolute Gasteiger partial charge is 0.334 e. The van der Waals surface area contributed by atoms with Crippen LogP contribution in [0.2, 0.25) is 5.15 Å². The van der Waals surface area contributed by atoms with E-state index in [0.29, 0.717) is 5.69 Å². The molecule has 2 aromatic rings. The fourth-order valence-electron chi connectivity index (χ4n) is 1.39. The van der Waals surface area contributed by atoms with E-state index in [0.717, 1.165) is 6.07 Å². The van der Waals surface area contributed by atoms with Crippen molar-refractivity contribution in [3.05, 3.63) is 61.8 Å². The molecular formula is C10H7ClN4O3. The van der Waals surface area contributed by atoms with E-state index in [9.17, 15) is 14.9 Å². The first kappa shape index (κ1) is 12.2. The Kier molecular flexibility index (Phi) is 3.33. The molecule has 0 aliphatic rings. The Morgan fingerprint density at radius 3 is 2.72 bits per heavy atom. The van der Waals surface area contributed by atoms with Gasteiger partial charge in [0.1, 0.15) is 0 Å². The van der Waals surface area contributed by atoms with Crippen LogP contribution in [0, 0.1) is 10.1 Å². The lowest BCUT2D eigenvalue weighted by atomic mass is 10.3. The summed E-state index contributed by atoms with van der Waals surface area (Å²) in [5.74, 6) is 0. The summed E-state index contributed by atoms with van der Waals surface area (Å²) in [5.41, 5.74) is -0.666. The van der Waals surface area contributed by atoms with Crippen molar-refractivity contribution in [1.29, 1.82) is 0 Å². The van der Waals surface area contributed by atoms with Crippen LogP contribution in [0.15, 0.2) is 35.3 Å². The highest BCUT2D eigenvalue weighted by Gasteiger charge is 2.13. The smallest absolute Gasteiger partial charge is 0.304 e. The van der Waals surface area contributed by atoms with Gasteiger partial charge in [0, 0.05) is 12.3 Å². The number of halogens is 1. The molecule has 0 fully saturated rings. The molecule has 0 radical (unpaired) electrons. The molecule has 0 unspecified atom stereocenters. The summed E-state index contributed by atoms with van der Waals surface area (Å²) in [6.45, 7) is 0.102. The van der Waals surface area contributed by atoms with E-state index < -0.39 is 16.2 Å². The Hall–Kier alpha value is -2.28. The molecule has 2 heterocycles. The molecule has 0 amide bonds. The van der Waals surface area contributed by atoms with Gasteiger partial charge in [-0.1, -0.05) is 11.6 Å². The van der Waals surface area contributed by atoms with Crippen LogP contribution in [0.25, 0.3) is 0 Å². The fraction of sp³-hybridized carbons (Fsp3) is 0.100. The molecule has 0 aromatic carbocycles. The van der Waals surface area contributed by atoms with Gasteiger partial charge in [-0.3, -0.25) is 14.9 Å². The van der Waals surface area contributed by atoms with E-state index in [1.54, 1.807) is 6.07 Å². The number of hydrogen-bond acceptors (Lipinski definition) is 5.